The molecule has 2 rings (SSSR count). The van der Waals surface area contributed by atoms with Gasteiger partial charge in [-0.3, -0.25) is 4.79 Å². The Kier molecular flexibility index (Phi) is 7.86. The Morgan fingerprint density at radius 3 is 2.38 bits per heavy atom. The number of likely N-dealkylation sites (N-methyl/N-ethyl adjacent to an activating group) is 1. The smallest absolute Gasteiger partial charge is 0.220 e. The third-order valence-electron chi connectivity index (χ3n) is 4.65. The summed E-state index contributed by atoms with van der Waals surface area (Å²) in [5, 5.41) is 2.71. The molecule has 1 aliphatic rings. The lowest BCUT2D eigenvalue weighted by atomic mass is 10.1. The molecule has 1 heterocycles. The standard InChI is InChI=1S/C18H29N3O4S/c1-3-20-11-13-21(14-12-20)26(23,24)15-10-19-18(22)9-6-16-4-7-17(25-2)8-5-16/h4-5,7-8H,3,6,9-15H2,1-2H3,(H,19,22). The molecule has 0 aliphatic carbocycles. The molecule has 0 saturated carbocycles. The monoisotopic (exact) mass is 383 g/mol. The molecule has 0 atom stereocenters. The predicted octanol–water partition coefficient (Wildman–Crippen LogP) is 0.711. The van der Waals surface area contributed by atoms with E-state index in [0.29, 0.717) is 25.9 Å². The Morgan fingerprint density at radius 2 is 1.81 bits per heavy atom. The first-order chi connectivity index (χ1) is 12.4. The number of ether oxygens (including phenoxy) is 1. The second-order valence-electron chi connectivity index (χ2n) is 6.35. The molecule has 146 valence electrons. The molecule has 1 fully saturated rings. The van der Waals surface area contributed by atoms with Gasteiger partial charge in [0, 0.05) is 39.1 Å². The van der Waals surface area contributed by atoms with Crippen molar-refractivity contribution in [2.24, 2.45) is 0 Å². The van der Waals surface area contributed by atoms with Crippen molar-refractivity contribution in [2.75, 3.05) is 52.1 Å². The molecule has 0 spiro atoms. The Morgan fingerprint density at radius 1 is 1.15 bits per heavy atom. The Labute approximate surface area is 156 Å². The highest BCUT2D eigenvalue weighted by Crippen LogP contribution is 2.12. The average Bonchev–Trinajstić information content (AvgIpc) is 2.66. The Balaban J connectivity index is 1.68. The van der Waals surface area contributed by atoms with Crippen LogP contribution in [0.3, 0.4) is 0 Å². The SMILES string of the molecule is CCN1CCN(S(=O)(=O)CCNC(=O)CCc2ccc(OC)cc2)CC1. The van der Waals surface area contributed by atoms with Crippen LogP contribution in [0.1, 0.15) is 18.9 Å². The molecule has 1 aromatic carbocycles. The van der Waals surface area contributed by atoms with E-state index in [4.69, 9.17) is 4.74 Å². The maximum atomic E-state index is 12.3. The van der Waals surface area contributed by atoms with Crippen molar-refractivity contribution in [3.63, 3.8) is 0 Å². The van der Waals surface area contributed by atoms with E-state index in [1.165, 1.54) is 4.31 Å². The first-order valence-electron chi connectivity index (χ1n) is 9.04. The van der Waals surface area contributed by atoms with Crippen LogP contribution in [0.25, 0.3) is 0 Å². The number of aryl methyl sites for hydroxylation is 1. The zero-order chi connectivity index (χ0) is 19.0. The summed E-state index contributed by atoms with van der Waals surface area (Å²) in [6.07, 6.45) is 0.948. The quantitative estimate of drug-likeness (QED) is 0.680. The van der Waals surface area contributed by atoms with Crippen molar-refractivity contribution in [1.29, 1.82) is 0 Å². The van der Waals surface area contributed by atoms with Crippen molar-refractivity contribution < 1.29 is 17.9 Å². The van der Waals surface area contributed by atoms with Gasteiger partial charge in [0.25, 0.3) is 0 Å². The van der Waals surface area contributed by atoms with E-state index in [9.17, 15) is 13.2 Å². The lowest BCUT2D eigenvalue weighted by Gasteiger charge is -2.33. The molecule has 1 amide bonds. The van der Waals surface area contributed by atoms with Gasteiger partial charge in [0.1, 0.15) is 5.75 Å². The van der Waals surface area contributed by atoms with E-state index in [0.717, 1.165) is 30.9 Å². The van der Waals surface area contributed by atoms with Crippen molar-refractivity contribution in [3.05, 3.63) is 29.8 Å². The van der Waals surface area contributed by atoms with E-state index in [1.807, 2.05) is 24.3 Å². The van der Waals surface area contributed by atoms with Crippen molar-refractivity contribution in [2.45, 2.75) is 19.8 Å². The van der Waals surface area contributed by atoms with Gasteiger partial charge in [-0.05, 0) is 30.7 Å². The van der Waals surface area contributed by atoms with Gasteiger partial charge in [0.15, 0.2) is 0 Å². The number of methoxy groups -OCH3 is 1. The number of amides is 1. The topological polar surface area (TPSA) is 79.0 Å². The van der Waals surface area contributed by atoms with E-state index in [1.54, 1.807) is 7.11 Å². The summed E-state index contributed by atoms with van der Waals surface area (Å²) in [6, 6.07) is 7.56. The molecule has 1 saturated heterocycles. The number of rotatable bonds is 9. The van der Waals surface area contributed by atoms with E-state index in [-0.39, 0.29) is 18.2 Å². The van der Waals surface area contributed by atoms with Crippen molar-refractivity contribution in [3.8, 4) is 5.75 Å². The maximum absolute atomic E-state index is 12.3. The van der Waals surface area contributed by atoms with Gasteiger partial charge in [-0.1, -0.05) is 19.1 Å². The number of sulfonamides is 1. The zero-order valence-corrected chi connectivity index (χ0v) is 16.4. The number of piperazine rings is 1. The second-order valence-corrected chi connectivity index (χ2v) is 8.44. The number of carbonyl (C=O) groups is 1. The Bertz CT molecular complexity index is 668. The molecule has 8 heteroatoms. The molecule has 0 unspecified atom stereocenters. The van der Waals surface area contributed by atoms with Gasteiger partial charge in [0.05, 0.1) is 12.9 Å². The molecular formula is C18H29N3O4S. The van der Waals surface area contributed by atoms with Crippen LogP contribution in [0.5, 0.6) is 5.75 Å². The van der Waals surface area contributed by atoms with Crippen LogP contribution < -0.4 is 10.1 Å². The van der Waals surface area contributed by atoms with Crippen LogP contribution in [-0.4, -0.2) is 75.7 Å². The normalized spacial score (nSPS) is 16.4. The molecule has 1 aromatic rings. The fraction of sp³-hybridized carbons (Fsp3) is 0.611. The van der Waals surface area contributed by atoms with Crippen molar-refractivity contribution >= 4 is 15.9 Å². The molecule has 1 N–H and O–H groups in total. The zero-order valence-electron chi connectivity index (χ0n) is 15.6. The highest BCUT2D eigenvalue weighted by molar-refractivity contribution is 7.89. The molecule has 0 bridgehead atoms. The van der Waals surface area contributed by atoms with Crippen LogP contribution in [0.2, 0.25) is 0 Å². The summed E-state index contributed by atoms with van der Waals surface area (Å²) in [7, 11) is -1.70. The van der Waals surface area contributed by atoms with Crippen LogP contribution >= 0.6 is 0 Å². The molecule has 0 aromatic heterocycles. The second kappa shape index (κ2) is 9.89. The van der Waals surface area contributed by atoms with E-state index >= 15 is 0 Å². The Hall–Kier alpha value is -1.64. The summed E-state index contributed by atoms with van der Waals surface area (Å²) in [5.74, 6) is 0.600. The van der Waals surface area contributed by atoms with Crippen LogP contribution in [0, 0.1) is 0 Å². The van der Waals surface area contributed by atoms with Crippen LogP contribution in [-0.2, 0) is 21.2 Å². The summed E-state index contributed by atoms with van der Waals surface area (Å²) >= 11 is 0. The molecule has 1 aliphatic heterocycles. The molecular weight excluding hydrogens is 354 g/mol. The minimum absolute atomic E-state index is 0.0482. The number of benzene rings is 1. The molecule has 0 radical (unpaired) electrons. The van der Waals surface area contributed by atoms with E-state index < -0.39 is 10.0 Å². The van der Waals surface area contributed by atoms with Gasteiger partial charge in [-0.15, -0.1) is 0 Å². The third-order valence-corrected chi connectivity index (χ3v) is 6.53. The van der Waals surface area contributed by atoms with Crippen LogP contribution in [0.15, 0.2) is 24.3 Å². The highest BCUT2D eigenvalue weighted by atomic mass is 32.2. The number of nitrogens with one attached hydrogen (secondary N) is 1. The third kappa shape index (κ3) is 6.26. The minimum atomic E-state index is -3.31. The number of hydrogen-bond acceptors (Lipinski definition) is 5. The fourth-order valence-electron chi connectivity index (χ4n) is 2.91. The molecule has 26 heavy (non-hydrogen) atoms. The minimum Gasteiger partial charge on any atom is -0.497 e. The number of carbonyl (C=O) groups excluding carboxylic acids is 1. The first-order valence-corrected chi connectivity index (χ1v) is 10.7. The largest absolute Gasteiger partial charge is 0.497 e. The lowest BCUT2D eigenvalue weighted by Crippen LogP contribution is -2.49. The maximum Gasteiger partial charge on any atom is 0.220 e. The predicted molar refractivity (Wildman–Crippen MR) is 102 cm³/mol. The molecule has 7 nitrogen and oxygen atoms in total. The number of nitrogens with zero attached hydrogens (tertiary/aromatic N) is 2. The van der Waals surface area contributed by atoms with Crippen molar-refractivity contribution in [1.82, 2.24) is 14.5 Å². The van der Waals surface area contributed by atoms with E-state index in [2.05, 4.69) is 17.1 Å². The fourth-order valence-corrected chi connectivity index (χ4v) is 4.25. The first kappa shape index (κ1) is 20.7. The summed E-state index contributed by atoms with van der Waals surface area (Å²) in [5.41, 5.74) is 1.04. The van der Waals surface area contributed by atoms with Gasteiger partial charge in [0.2, 0.25) is 15.9 Å². The number of hydrogen-bond donors (Lipinski definition) is 1. The van der Waals surface area contributed by atoms with Gasteiger partial charge >= 0.3 is 0 Å². The van der Waals surface area contributed by atoms with Gasteiger partial charge in [-0.25, -0.2) is 8.42 Å². The average molecular weight is 384 g/mol. The summed E-state index contributed by atoms with van der Waals surface area (Å²) < 4.78 is 31.3. The lowest BCUT2D eigenvalue weighted by molar-refractivity contribution is -0.120. The van der Waals surface area contributed by atoms with Gasteiger partial charge < -0.3 is 15.0 Å². The highest BCUT2D eigenvalue weighted by Gasteiger charge is 2.25. The van der Waals surface area contributed by atoms with Gasteiger partial charge in [-0.2, -0.15) is 4.31 Å². The summed E-state index contributed by atoms with van der Waals surface area (Å²) in [6.45, 7) is 5.76. The van der Waals surface area contributed by atoms with Crippen LogP contribution in [0.4, 0.5) is 0 Å². The summed E-state index contributed by atoms with van der Waals surface area (Å²) in [4.78, 5) is 14.2.